The summed E-state index contributed by atoms with van der Waals surface area (Å²) < 4.78 is 0. The van der Waals surface area contributed by atoms with Crippen LogP contribution in [0.15, 0.2) is 48.5 Å². The molecule has 2 atom stereocenters. The lowest BCUT2D eigenvalue weighted by atomic mass is 9.97. The predicted octanol–water partition coefficient (Wildman–Crippen LogP) is 4.66. The Morgan fingerprint density at radius 1 is 1.00 bits per heavy atom. The Balaban J connectivity index is 1.60. The lowest BCUT2D eigenvalue weighted by Crippen LogP contribution is -2.53. The Kier molecular flexibility index (Phi) is 6.74. The Labute approximate surface area is 169 Å². The zero-order chi connectivity index (χ0) is 20.1. The summed E-state index contributed by atoms with van der Waals surface area (Å²) in [4.78, 5) is 17.6. The summed E-state index contributed by atoms with van der Waals surface area (Å²) in [5.74, 6) is 0.518. The number of hydrogen-bond acceptors (Lipinski definition) is 3. The number of piperazine rings is 1. The minimum absolute atomic E-state index is 0.0834. The molecule has 1 aliphatic rings. The molecule has 2 aromatic carbocycles. The first-order valence-corrected chi connectivity index (χ1v) is 10.5. The van der Waals surface area contributed by atoms with Crippen molar-refractivity contribution in [2.24, 2.45) is 0 Å². The molecular weight excluding hydrogens is 346 g/mol. The van der Waals surface area contributed by atoms with Gasteiger partial charge in [-0.15, -0.1) is 0 Å². The monoisotopic (exact) mass is 379 g/mol. The molecule has 0 aliphatic carbocycles. The number of nitrogens with one attached hydrogen (secondary N) is 1. The molecule has 28 heavy (non-hydrogen) atoms. The van der Waals surface area contributed by atoms with E-state index in [1.165, 1.54) is 16.8 Å². The van der Waals surface area contributed by atoms with Crippen LogP contribution in [-0.4, -0.2) is 43.0 Å². The Morgan fingerprint density at radius 3 is 2.32 bits per heavy atom. The number of benzene rings is 2. The van der Waals surface area contributed by atoms with E-state index in [1.807, 2.05) is 25.1 Å². The summed E-state index contributed by atoms with van der Waals surface area (Å²) in [6.45, 7) is 12.3. The maximum absolute atomic E-state index is 12.9. The molecular formula is C24H33N3O. The summed E-state index contributed by atoms with van der Waals surface area (Å²) in [5, 5.41) is 3.18. The molecule has 3 rings (SSSR count). The Hall–Kier alpha value is -2.33. The molecule has 1 saturated heterocycles. The molecule has 1 heterocycles. The average molecular weight is 380 g/mol. The van der Waals surface area contributed by atoms with Crippen molar-refractivity contribution in [3.8, 4) is 0 Å². The van der Waals surface area contributed by atoms with Gasteiger partial charge >= 0.3 is 0 Å². The summed E-state index contributed by atoms with van der Waals surface area (Å²) in [5.41, 5.74) is 4.78. The number of hydrogen-bond donors (Lipinski definition) is 1. The van der Waals surface area contributed by atoms with Crippen molar-refractivity contribution in [1.29, 1.82) is 0 Å². The second-order valence-corrected chi connectivity index (χ2v) is 7.87. The fourth-order valence-electron chi connectivity index (χ4n) is 3.93. The van der Waals surface area contributed by atoms with E-state index in [0.717, 1.165) is 38.3 Å². The topological polar surface area (TPSA) is 35.6 Å². The van der Waals surface area contributed by atoms with Gasteiger partial charge in [0.2, 0.25) is 5.91 Å². The molecule has 1 N–H and O–H groups in total. The third-order valence-corrected chi connectivity index (χ3v) is 6.06. The van der Waals surface area contributed by atoms with E-state index in [1.54, 1.807) is 0 Å². The van der Waals surface area contributed by atoms with Gasteiger partial charge in [0.1, 0.15) is 0 Å². The van der Waals surface area contributed by atoms with Crippen LogP contribution in [0.5, 0.6) is 0 Å². The van der Waals surface area contributed by atoms with E-state index in [4.69, 9.17) is 0 Å². The number of rotatable bonds is 6. The molecule has 4 heteroatoms. The van der Waals surface area contributed by atoms with Gasteiger partial charge in [0.15, 0.2) is 0 Å². The van der Waals surface area contributed by atoms with Gasteiger partial charge in [-0.25, -0.2) is 0 Å². The van der Waals surface area contributed by atoms with Gasteiger partial charge in [-0.2, -0.15) is 0 Å². The quantitative estimate of drug-likeness (QED) is 0.793. The zero-order valence-electron chi connectivity index (χ0n) is 17.6. The maximum atomic E-state index is 12.9. The predicted molar refractivity (Wildman–Crippen MR) is 118 cm³/mol. The fourth-order valence-corrected chi connectivity index (χ4v) is 3.93. The first-order chi connectivity index (χ1) is 13.5. The third-order valence-electron chi connectivity index (χ3n) is 6.06. The minimum atomic E-state index is -0.135. The molecule has 0 unspecified atom stereocenters. The highest BCUT2D eigenvalue weighted by Gasteiger charge is 2.26. The third kappa shape index (κ3) is 4.56. The summed E-state index contributed by atoms with van der Waals surface area (Å²) in [7, 11) is 0. The molecule has 1 aliphatic heterocycles. The molecule has 0 bridgehead atoms. The number of carbonyl (C=O) groups is 1. The lowest BCUT2D eigenvalue weighted by molar-refractivity contribution is -0.120. The van der Waals surface area contributed by atoms with Crippen molar-refractivity contribution in [1.82, 2.24) is 4.90 Å². The number of nitrogens with zero attached hydrogens (tertiary/aromatic N) is 2. The highest BCUT2D eigenvalue weighted by atomic mass is 16.2. The average Bonchev–Trinajstić information content (AvgIpc) is 2.73. The van der Waals surface area contributed by atoms with Gasteiger partial charge in [0.25, 0.3) is 0 Å². The minimum Gasteiger partial charge on any atom is -0.369 e. The van der Waals surface area contributed by atoms with Crippen LogP contribution in [0.1, 0.15) is 44.2 Å². The summed E-state index contributed by atoms with van der Waals surface area (Å²) in [6.07, 6.45) is 1.06. The largest absolute Gasteiger partial charge is 0.369 e. The van der Waals surface area contributed by atoms with Gasteiger partial charge in [-0.05, 0) is 49.4 Å². The van der Waals surface area contributed by atoms with Crippen LogP contribution in [0.4, 0.5) is 11.4 Å². The van der Waals surface area contributed by atoms with Crippen molar-refractivity contribution in [3.05, 3.63) is 59.7 Å². The number of aryl methyl sites for hydroxylation is 1. The van der Waals surface area contributed by atoms with Crippen LogP contribution in [0.3, 0.4) is 0 Å². The summed E-state index contributed by atoms with van der Waals surface area (Å²) >= 11 is 0. The molecule has 0 spiro atoms. The number of anilines is 2. The van der Waals surface area contributed by atoms with Gasteiger partial charge in [0.05, 0.1) is 6.04 Å². The normalized spacial score (nSPS) is 17.2. The number of amides is 1. The van der Waals surface area contributed by atoms with Crippen LogP contribution in [-0.2, 0) is 4.79 Å². The number of carbonyl (C=O) groups excluding carboxylic acids is 1. The van der Waals surface area contributed by atoms with E-state index in [-0.39, 0.29) is 11.9 Å². The number of para-hydroxylation sites is 2. The van der Waals surface area contributed by atoms with Gasteiger partial charge in [0, 0.05) is 37.6 Å². The molecule has 0 radical (unpaired) electrons. The first kappa shape index (κ1) is 20.4. The van der Waals surface area contributed by atoms with Crippen LogP contribution in [0, 0.1) is 6.92 Å². The lowest BCUT2D eigenvalue weighted by Gasteiger charge is -2.39. The highest BCUT2D eigenvalue weighted by Crippen LogP contribution is 2.27. The van der Waals surface area contributed by atoms with E-state index in [0.29, 0.717) is 5.92 Å². The SMILES string of the molecule is CC[C@H](C)c1ccccc1NC(=O)[C@H](C)N1CCN(c2ccccc2C)CC1. The van der Waals surface area contributed by atoms with E-state index >= 15 is 0 Å². The smallest absolute Gasteiger partial charge is 0.241 e. The second kappa shape index (κ2) is 9.24. The molecule has 4 nitrogen and oxygen atoms in total. The molecule has 2 aromatic rings. The van der Waals surface area contributed by atoms with Crippen LogP contribution in [0.2, 0.25) is 0 Å². The fraction of sp³-hybridized carbons (Fsp3) is 0.458. The van der Waals surface area contributed by atoms with Crippen LogP contribution in [0.25, 0.3) is 0 Å². The maximum Gasteiger partial charge on any atom is 0.241 e. The van der Waals surface area contributed by atoms with Gasteiger partial charge in [-0.1, -0.05) is 50.2 Å². The zero-order valence-corrected chi connectivity index (χ0v) is 17.6. The van der Waals surface area contributed by atoms with Crippen LogP contribution < -0.4 is 10.2 Å². The molecule has 1 fully saturated rings. The molecule has 150 valence electrons. The van der Waals surface area contributed by atoms with Gasteiger partial charge in [-0.3, -0.25) is 9.69 Å². The highest BCUT2D eigenvalue weighted by molar-refractivity contribution is 5.95. The second-order valence-electron chi connectivity index (χ2n) is 7.87. The van der Waals surface area contributed by atoms with E-state index < -0.39 is 0 Å². The van der Waals surface area contributed by atoms with Crippen LogP contribution >= 0.6 is 0 Å². The van der Waals surface area contributed by atoms with E-state index in [9.17, 15) is 4.79 Å². The van der Waals surface area contributed by atoms with Crippen molar-refractivity contribution >= 4 is 17.3 Å². The Morgan fingerprint density at radius 2 is 1.64 bits per heavy atom. The Bertz CT molecular complexity index is 796. The van der Waals surface area contributed by atoms with Crippen molar-refractivity contribution in [3.63, 3.8) is 0 Å². The molecule has 0 aromatic heterocycles. The first-order valence-electron chi connectivity index (χ1n) is 10.5. The standard InChI is InChI=1S/C24H33N3O/c1-5-18(2)21-11-7-8-12-22(21)25-24(28)20(4)26-14-16-27(17-15-26)23-13-9-6-10-19(23)3/h6-13,18,20H,5,14-17H2,1-4H3,(H,25,28)/t18-,20-/m0/s1. The molecule has 0 saturated carbocycles. The van der Waals surface area contributed by atoms with Crippen molar-refractivity contribution in [2.45, 2.75) is 46.1 Å². The molecule has 1 amide bonds. The van der Waals surface area contributed by atoms with Crippen molar-refractivity contribution < 1.29 is 4.79 Å². The van der Waals surface area contributed by atoms with Gasteiger partial charge < -0.3 is 10.2 Å². The van der Waals surface area contributed by atoms with Crippen molar-refractivity contribution in [2.75, 3.05) is 36.4 Å². The summed E-state index contributed by atoms with van der Waals surface area (Å²) in [6, 6.07) is 16.6. The van der Waals surface area contributed by atoms with E-state index in [2.05, 4.69) is 66.2 Å².